The van der Waals surface area contributed by atoms with Gasteiger partial charge in [-0.1, -0.05) is 0 Å². The van der Waals surface area contributed by atoms with E-state index in [1.807, 2.05) is 0 Å². The van der Waals surface area contributed by atoms with Crippen molar-refractivity contribution >= 4 is 0 Å². The standard InChI is InChI=1S/Fe.6O.2V/q+2;;;;;2*-1;;. The first-order chi connectivity index (χ1) is 3.46. The number of rotatable bonds is 0. The zero-order chi connectivity index (χ0) is 7.15. The summed E-state index contributed by atoms with van der Waals surface area (Å²) in [5.74, 6) is 0. The first kappa shape index (κ1) is 16.4. The molecule has 0 amide bonds. The van der Waals surface area contributed by atoms with Crippen molar-refractivity contribution in [2.24, 2.45) is 0 Å². The zero-order valence-electron chi connectivity index (χ0n) is 3.70. The first-order valence-electron chi connectivity index (χ1n) is 1.10. The molecule has 0 saturated carbocycles. The fraction of sp³-hybridized carbons (Fsp3) is 0. The van der Waals surface area contributed by atoms with E-state index in [4.69, 9.17) is 22.8 Å². The first-order valence-corrected chi connectivity index (χ1v) is 4.52. The SMILES string of the molecule is [Fe+2].[O]=[V](=[O])[O-].[O]=[V](=[O])[O-]. The van der Waals surface area contributed by atoms with Crippen LogP contribution in [0, 0.1) is 0 Å². The molecule has 0 unspecified atom stereocenters. The molecule has 0 aromatic carbocycles. The number of hydrogen-bond acceptors (Lipinski definition) is 6. The van der Waals surface area contributed by atoms with E-state index in [2.05, 4.69) is 0 Å². The van der Waals surface area contributed by atoms with Gasteiger partial charge in [0.15, 0.2) is 0 Å². The van der Waals surface area contributed by atoms with Crippen LogP contribution in [0.25, 0.3) is 0 Å². The van der Waals surface area contributed by atoms with Crippen LogP contribution in [0.4, 0.5) is 0 Å². The molecule has 9 heteroatoms. The van der Waals surface area contributed by atoms with Crippen molar-refractivity contribution in [1.29, 1.82) is 0 Å². The van der Waals surface area contributed by atoms with Gasteiger partial charge in [0.05, 0.1) is 0 Å². The Kier molecular flexibility index (Phi) is 21.1. The van der Waals surface area contributed by atoms with Gasteiger partial charge in [-0.05, 0) is 0 Å². The maximum atomic E-state index is 8.56. The van der Waals surface area contributed by atoms with Crippen LogP contribution in [0.2, 0.25) is 0 Å². The minimum absolute atomic E-state index is 0. The van der Waals surface area contributed by atoms with E-state index in [0.717, 1.165) is 0 Å². The van der Waals surface area contributed by atoms with Gasteiger partial charge in [-0.3, -0.25) is 0 Å². The van der Waals surface area contributed by atoms with E-state index < -0.39 is 30.8 Å². The van der Waals surface area contributed by atoms with Crippen LogP contribution in [0.3, 0.4) is 0 Å². The van der Waals surface area contributed by atoms with Gasteiger partial charge in [0.2, 0.25) is 0 Å². The van der Waals surface area contributed by atoms with Crippen LogP contribution < -0.4 is 8.06 Å². The fourth-order valence-electron chi connectivity index (χ4n) is 0. The third-order valence-corrected chi connectivity index (χ3v) is 0. The molecule has 0 spiro atoms. The Labute approximate surface area is 70.5 Å². The molecule has 0 heterocycles. The van der Waals surface area contributed by atoms with Crippen LogP contribution in [0.1, 0.15) is 0 Å². The zero-order valence-corrected chi connectivity index (χ0v) is 7.60. The van der Waals surface area contributed by atoms with Crippen LogP contribution in [0.5, 0.6) is 0 Å². The van der Waals surface area contributed by atoms with Gasteiger partial charge in [0, 0.05) is 0 Å². The Bertz CT molecular complexity index is 128. The molecule has 0 bridgehead atoms. The van der Waals surface area contributed by atoms with Crippen molar-refractivity contribution in [2.45, 2.75) is 0 Å². The summed E-state index contributed by atoms with van der Waals surface area (Å²) in [7, 11) is 0. The van der Waals surface area contributed by atoms with E-state index >= 15 is 0 Å². The molecule has 0 rings (SSSR count). The molecule has 0 N–H and O–H groups in total. The molecule has 9 heavy (non-hydrogen) atoms. The fourth-order valence-corrected chi connectivity index (χ4v) is 0. The van der Waals surface area contributed by atoms with Crippen LogP contribution in [-0.2, 0) is 62.6 Å². The summed E-state index contributed by atoms with van der Waals surface area (Å²) in [6.45, 7) is 0. The van der Waals surface area contributed by atoms with Crippen molar-refractivity contribution in [3.05, 3.63) is 0 Å². The van der Waals surface area contributed by atoms with Crippen molar-refractivity contribution in [3.8, 4) is 0 Å². The molecule has 54 valence electrons. The van der Waals surface area contributed by atoms with Crippen molar-refractivity contribution in [3.63, 3.8) is 0 Å². The molecule has 0 atom stereocenters. The Morgan fingerprint density at radius 2 is 0.778 bits per heavy atom. The average Bonchev–Trinajstić information content (AvgIpc) is 1.25. The second-order valence-electron chi connectivity index (χ2n) is 0.447. The van der Waals surface area contributed by atoms with E-state index in [1.165, 1.54) is 0 Å². The van der Waals surface area contributed by atoms with Gasteiger partial charge in [0.1, 0.15) is 0 Å². The molecule has 0 fully saturated rings. The van der Waals surface area contributed by atoms with Gasteiger partial charge in [-0.25, -0.2) is 0 Å². The van der Waals surface area contributed by atoms with E-state index in [9.17, 15) is 0 Å². The Balaban J connectivity index is -0.0000000720. The summed E-state index contributed by atoms with van der Waals surface area (Å²) in [4.78, 5) is 0. The second-order valence-corrected chi connectivity index (χ2v) is 1.84. The van der Waals surface area contributed by atoms with Crippen molar-refractivity contribution < 1.29 is 70.6 Å². The predicted octanol–water partition coefficient (Wildman–Crippen LogP) is -2.86. The molecule has 6 nitrogen and oxygen atoms in total. The number of hydrogen-bond donors (Lipinski definition) is 0. The van der Waals surface area contributed by atoms with Gasteiger partial charge in [-0.2, -0.15) is 0 Å². The van der Waals surface area contributed by atoms with E-state index in [0.29, 0.717) is 0 Å². The molecular weight excluding hydrogens is 254 g/mol. The van der Waals surface area contributed by atoms with Crippen LogP contribution in [-0.4, -0.2) is 0 Å². The average molecular weight is 254 g/mol. The van der Waals surface area contributed by atoms with Crippen molar-refractivity contribution in [2.75, 3.05) is 0 Å². The summed E-state index contributed by atoms with van der Waals surface area (Å²) in [5, 5.41) is 0. The summed E-state index contributed by atoms with van der Waals surface area (Å²) < 4.78 is 51.4. The quantitative estimate of drug-likeness (QED) is 0.429. The molecule has 0 aliphatic heterocycles. The Morgan fingerprint density at radius 3 is 0.778 bits per heavy atom. The molecule has 0 aromatic heterocycles. The van der Waals surface area contributed by atoms with Gasteiger partial charge < -0.3 is 0 Å². The molecule has 0 aliphatic carbocycles. The Morgan fingerprint density at radius 1 is 0.778 bits per heavy atom. The van der Waals surface area contributed by atoms with Crippen LogP contribution in [0.15, 0.2) is 0 Å². The topological polar surface area (TPSA) is 114 Å². The summed E-state index contributed by atoms with van der Waals surface area (Å²) in [5.41, 5.74) is 0. The second kappa shape index (κ2) is 11.6. The van der Waals surface area contributed by atoms with Crippen molar-refractivity contribution in [1.82, 2.24) is 0 Å². The van der Waals surface area contributed by atoms with E-state index in [-0.39, 0.29) is 17.1 Å². The van der Waals surface area contributed by atoms with Crippen LogP contribution >= 0.6 is 0 Å². The summed E-state index contributed by atoms with van der Waals surface area (Å²) >= 11 is -7.88. The Hall–Kier alpha value is 0.808. The third-order valence-electron chi connectivity index (χ3n) is 0. The third kappa shape index (κ3) is 625. The molecule has 0 aliphatic rings. The van der Waals surface area contributed by atoms with Gasteiger partial charge in [0.25, 0.3) is 0 Å². The van der Waals surface area contributed by atoms with E-state index in [1.54, 1.807) is 0 Å². The summed E-state index contributed by atoms with van der Waals surface area (Å²) in [6.07, 6.45) is 0. The monoisotopic (exact) mass is 254 g/mol. The molecule has 0 saturated heterocycles. The normalized spacial score (nSPS) is 5.56. The maximum absolute atomic E-state index is 8.56. The van der Waals surface area contributed by atoms with Gasteiger partial charge >= 0.3 is 70.6 Å². The van der Waals surface area contributed by atoms with Gasteiger partial charge in [-0.15, -0.1) is 0 Å². The minimum atomic E-state index is -3.94. The molecule has 0 aromatic rings. The molecular formula is FeO6V2. The summed E-state index contributed by atoms with van der Waals surface area (Å²) in [6, 6.07) is 0. The molecule has 0 radical (unpaired) electrons. The predicted molar refractivity (Wildman–Crippen MR) is 2.75 cm³/mol.